The molecule has 0 aliphatic heterocycles. The minimum absolute atomic E-state index is 0.0360. The number of hydrogen-bond acceptors (Lipinski definition) is 6. The highest BCUT2D eigenvalue weighted by atomic mass is 16.5. The molecule has 1 aliphatic rings. The van der Waals surface area contributed by atoms with E-state index in [1.165, 1.54) is 0 Å². The Kier molecular flexibility index (Phi) is 6.76. The normalized spacial score (nSPS) is 19.6. The lowest BCUT2D eigenvalue weighted by Crippen LogP contribution is -2.39. The van der Waals surface area contributed by atoms with E-state index in [9.17, 15) is 14.4 Å². The summed E-state index contributed by atoms with van der Waals surface area (Å²) in [5, 5.41) is 2.42. The van der Waals surface area contributed by atoms with E-state index in [4.69, 9.17) is 15.3 Å². The smallest absolute Gasteiger partial charge is 0.323 e. The topological polar surface area (TPSA) is 120 Å². The Balaban J connectivity index is 1.81. The molecule has 0 saturated heterocycles. The van der Waals surface area contributed by atoms with Crippen LogP contribution in [0.4, 0.5) is 5.69 Å². The van der Waals surface area contributed by atoms with Crippen LogP contribution in [0.2, 0.25) is 0 Å². The second-order valence-electron chi connectivity index (χ2n) is 5.80. The predicted octanol–water partition coefficient (Wildman–Crippen LogP) is 1.12. The van der Waals surface area contributed by atoms with Crippen LogP contribution in [0.5, 0.6) is 5.75 Å². The molecule has 2 amide bonds. The van der Waals surface area contributed by atoms with Crippen LogP contribution in [0.3, 0.4) is 0 Å². The predicted molar refractivity (Wildman–Crippen MR) is 90.4 cm³/mol. The molecule has 0 unspecified atom stereocenters. The van der Waals surface area contributed by atoms with Gasteiger partial charge in [-0.1, -0.05) is 0 Å². The number of carbonyl (C=O) groups is 3. The van der Waals surface area contributed by atoms with Gasteiger partial charge in [-0.2, -0.15) is 0 Å². The minimum atomic E-state index is -0.918. The minimum Gasteiger partial charge on any atom is -0.490 e. The van der Waals surface area contributed by atoms with Crippen molar-refractivity contribution in [2.75, 3.05) is 11.9 Å². The van der Waals surface area contributed by atoms with Gasteiger partial charge in [0, 0.05) is 5.69 Å². The molecule has 0 atom stereocenters. The lowest BCUT2D eigenvalue weighted by Gasteiger charge is -2.27. The largest absolute Gasteiger partial charge is 0.490 e. The van der Waals surface area contributed by atoms with E-state index in [2.05, 4.69) is 5.32 Å². The van der Waals surface area contributed by atoms with Gasteiger partial charge in [0.15, 0.2) is 0 Å². The maximum absolute atomic E-state index is 11.7. The standard InChI is InChI=1S/C17H23N3O5/c1-2-24-17(23)11-3-7-13(8-4-11)25-14-9-5-12(6-10-14)19-15(21)16(22)20-18/h5-6,9-11,13H,2-4,7-8,18H2,1H3,(H,19,21)(H,20,22). The number of benzene rings is 1. The molecule has 0 bridgehead atoms. The number of anilines is 1. The Morgan fingerprint density at radius 3 is 2.28 bits per heavy atom. The van der Waals surface area contributed by atoms with Crippen molar-refractivity contribution in [3.05, 3.63) is 24.3 Å². The van der Waals surface area contributed by atoms with Gasteiger partial charge in [-0.3, -0.25) is 19.8 Å². The van der Waals surface area contributed by atoms with Crippen molar-refractivity contribution < 1.29 is 23.9 Å². The van der Waals surface area contributed by atoms with Crippen LogP contribution in [-0.2, 0) is 19.1 Å². The summed E-state index contributed by atoms with van der Waals surface area (Å²) in [6, 6.07) is 6.71. The van der Waals surface area contributed by atoms with E-state index in [-0.39, 0.29) is 18.0 Å². The molecule has 0 heterocycles. The zero-order chi connectivity index (χ0) is 18.2. The first-order valence-electron chi connectivity index (χ1n) is 8.28. The van der Waals surface area contributed by atoms with Gasteiger partial charge in [-0.25, -0.2) is 5.84 Å². The molecule has 0 aromatic heterocycles. The molecule has 1 aromatic carbocycles. The fraction of sp³-hybridized carbons (Fsp3) is 0.471. The first-order chi connectivity index (χ1) is 12.0. The number of esters is 1. The molecule has 4 N–H and O–H groups in total. The number of nitrogens with two attached hydrogens (primary N) is 1. The average molecular weight is 349 g/mol. The Labute approximate surface area is 146 Å². The van der Waals surface area contributed by atoms with Crippen molar-refractivity contribution in [2.45, 2.75) is 38.7 Å². The lowest BCUT2D eigenvalue weighted by molar-refractivity contribution is -0.149. The molecule has 8 heteroatoms. The van der Waals surface area contributed by atoms with Gasteiger partial charge in [-0.05, 0) is 56.9 Å². The van der Waals surface area contributed by atoms with E-state index in [0.717, 1.165) is 25.7 Å². The van der Waals surface area contributed by atoms with Crippen LogP contribution in [0, 0.1) is 5.92 Å². The molecular formula is C17H23N3O5. The van der Waals surface area contributed by atoms with Gasteiger partial charge in [0.25, 0.3) is 0 Å². The van der Waals surface area contributed by atoms with Crippen LogP contribution in [0.25, 0.3) is 0 Å². The highest BCUT2D eigenvalue weighted by Crippen LogP contribution is 2.29. The lowest BCUT2D eigenvalue weighted by atomic mass is 9.87. The molecule has 2 rings (SSSR count). The number of nitrogens with one attached hydrogen (secondary N) is 2. The second-order valence-corrected chi connectivity index (χ2v) is 5.80. The Morgan fingerprint density at radius 1 is 1.08 bits per heavy atom. The van der Waals surface area contributed by atoms with E-state index in [0.29, 0.717) is 18.0 Å². The Morgan fingerprint density at radius 2 is 1.72 bits per heavy atom. The Hall–Kier alpha value is -2.61. The molecule has 25 heavy (non-hydrogen) atoms. The monoisotopic (exact) mass is 349 g/mol. The summed E-state index contributed by atoms with van der Waals surface area (Å²) >= 11 is 0. The highest BCUT2D eigenvalue weighted by Gasteiger charge is 2.28. The van der Waals surface area contributed by atoms with Crippen molar-refractivity contribution in [2.24, 2.45) is 11.8 Å². The molecule has 1 aliphatic carbocycles. The van der Waals surface area contributed by atoms with Crippen molar-refractivity contribution >= 4 is 23.5 Å². The van der Waals surface area contributed by atoms with Crippen LogP contribution in [-0.4, -0.2) is 30.5 Å². The Bertz CT molecular complexity index is 609. The molecular weight excluding hydrogens is 326 g/mol. The van der Waals surface area contributed by atoms with E-state index >= 15 is 0 Å². The third-order valence-electron chi connectivity index (χ3n) is 4.05. The van der Waals surface area contributed by atoms with Gasteiger partial charge in [0.2, 0.25) is 0 Å². The van der Waals surface area contributed by atoms with Gasteiger partial charge in [0.1, 0.15) is 5.75 Å². The SMILES string of the molecule is CCOC(=O)C1CCC(Oc2ccc(NC(=O)C(=O)NN)cc2)CC1. The summed E-state index contributed by atoms with van der Waals surface area (Å²) in [6.45, 7) is 2.21. The number of rotatable bonds is 5. The van der Waals surface area contributed by atoms with E-state index in [1.54, 1.807) is 36.6 Å². The first kappa shape index (κ1) is 18.7. The van der Waals surface area contributed by atoms with Crippen LogP contribution in [0.1, 0.15) is 32.6 Å². The zero-order valence-electron chi connectivity index (χ0n) is 14.1. The van der Waals surface area contributed by atoms with Gasteiger partial charge < -0.3 is 14.8 Å². The second kappa shape index (κ2) is 9.03. The third kappa shape index (κ3) is 5.46. The van der Waals surface area contributed by atoms with Crippen LogP contribution >= 0.6 is 0 Å². The average Bonchev–Trinajstić information content (AvgIpc) is 2.63. The number of hydrazine groups is 1. The zero-order valence-corrected chi connectivity index (χ0v) is 14.1. The third-order valence-corrected chi connectivity index (χ3v) is 4.05. The number of carbonyl (C=O) groups excluding carboxylic acids is 3. The molecule has 1 aromatic rings. The van der Waals surface area contributed by atoms with Crippen molar-refractivity contribution in [1.82, 2.24) is 5.43 Å². The van der Waals surface area contributed by atoms with E-state index in [1.807, 2.05) is 0 Å². The van der Waals surface area contributed by atoms with Crippen molar-refractivity contribution in [3.63, 3.8) is 0 Å². The van der Waals surface area contributed by atoms with Gasteiger partial charge in [-0.15, -0.1) is 0 Å². The van der Waals surface area contributed by atoms with Crippen molar-refractivity contribution in [3.8, 4) is 5.75 Å². The summed E-state index contributed by atoms with van der Waals surface area (Å²) in [4.78, 5) is 34.2. The number of ether oxygens (including phenoxy) is 2. The van der Waals surface area contributed by atoms with Crippen LogP contribution < -0.4 is 21.3 Å². The summed E-state index contributed by atoms with van der Waals surface area (Å²) in [6.07, 6.45) is 3.14. The van der Waals surface area contributed by atoms with E-state index < -0.39 is 11.8 Å². The summed E-state index contributed by atoms with van der Waals surface area (Å²) in [5.41, 5.74) is 2.23. The fourth-order valence-electron chi connectivity index (χ4n) is 2.74. The molecule has 0 radical (unpaired) electrons. The number of hydrogen-bond donors (Lipinski definition) is 3. The summed E-state index contributed by atoms with van der Waals surface area (Å²) in [5.74, 6) is 3.64. The number of amides is 2. The maximum Gasteiger partial charge on any atom is 0.323 e. The summed E-state index contributed by atoms with van der Waals surface area (Å²) in [7, 11) is 0. The van der Waals surface area contributed by atoms with Crippen molar-refractivity contribution in [1.29, 1.82) is 0 Å². The summed E-state index contributed by atoms with van der Waals surface area (Å²) < 4.78 is 11.0. The van der Waals surface area contributed by atoms with Gasteiger partial charge in [0.05, 0.1) is 18.6 Å². The highest BCUT2D eigenvalue weighted by molar-refractivity contribution is 6.39. The molecule has 136 valence electrons. The first-order valence-corrected chi connectivity index (χ1v) is 8.28. The molecule has 8 nitrogen and oxygen atoms in total. The molecule has 0 spiro atoms. The maximum atomic E-state index is 11.7. The quantitative estimate of drug-likeness (QED) is 0.241. The molecule has 1 fully saturated rings. The fourth-order valence-corrected chi connectivity index (χ4v) is 2.74. The molecule has 1 saturated carbocycles. The van der Waals surface area contributed by atoms with Crippen LogP contribution in [0.15, 0.2) is 24.3 Å². The van der Waals surface area contributed by atoms with Gasteiger partial charge >= 0.3 is 17.8 Å².